The Morgan fingerprint density at radius 2 is 1.79 bits per heavy atom. The van der Waals surface area contributed by atoms with Gasteiger partial charge in [-0.05, 0) is 56.7 Å². The van der Waals surface area contributed by atoms with Gasteiger partial charge in [0.2, 0.25) is 11.5 Å². The number of carbonyl (C=O) groups excluding carboxylic acids is 2. The van der Waals surface area contributed by atoms with Gasteiger partial charge >= 0.3 is 12.3 Å². The monoisotopic (exact) mass is 556 g/mol. The predicted molar refractivity (Wildman–Crippen MR) is 132 cm³/mol. The molecule has 0 atom stereocenters. The summed E-state index contributed by atoms with van der Waals surface area (Å²) in [5, 5.41) is 13.7. The van der Waals surface area contributed by atoms with Crippen molar-refractivity contribution in [3.05, 3.63) is 47.5 Å². The molecule has 0 fully saturated rings. The van der Waals surface area contributed by atoms with Gasteiger partial charge in [-0.25, -0.2) is 13.2 Å². The van der Waals surface area contributed by atoms with Gasteiger partial charge in [0.05, 0.1) is 28.8 Å². The molecular formula is C24H27F3N4O6S. The molecule has 0 radical (unpaired) electrons. The highest BCUT2D eigenvalue weighted by molar-refractivity contribution is 7.92. The fourth-order valence-corrected chi connectivity index (χ4v) is 4.72. The zero-order valence-electron chi connectivity index (χ0n) is 21.3. The summed E-state index contributed by atoms with van der Waals surface area (Å²) in [5.74, 6) is 0.207. The second-order valence-corrected chi connectivity index (χ2v) is 10.4. The van der Waals surface area contributed by atoms with Crippen molar-refractivity contribution >= 4 is 33.4 Å². The van der Waals surface area contributed by atoms with E-state index >= 15 is 0 Å². The van der Waals surface area contributed by atoms with E-state index in [0.29, 0.717) is 19.4 Å². The highest BCUT2D eigenvalue weighted by Crippen LogP contribution is 2.38. The molecule has 0 aromatic heterocycles. The van der Waals surface area contributed by atoms with Crippen LogP contribution >= 0.6 is 0 Å². The Kier molecular flexibility index (Phi) is 9.23. The second-order valence-electron chi connectivity index (χ2n) is 8.53. The van der Waals surface area contributed by atoms with E-state index in [0.717, 1.165) is 4.31 Å². The Hall–Kier alpha value is -3.99. The first-order valence-corrected chi connectivity index (χ1v) is 12.5. The summed E-state index contributed by atoms with van der Waals surface area (Å²) in [6, 6.07) is 10.2. The summed E-state index contributed by atoms with van der Waals surface area (Å²) >= 11 is 0. The molecule has 2 N–H and O–H groups in total. The van der Waals surface area contributed by atoms with Crippen molar-refractivity contribution in [2.45, 2.75) is 44.4 Å². The number of hydrogen-bond donors (Lipinski definition) is 2. The smallest absolute Gasteiger partial charge is 0.427 e. The number of halogens is 3. The van der Waals surface area contributed by atoms with Crippen LogP contribution in [0.4, 0.5) is 29.3 Å². The zero-order valence-corrected chi connectivity index (χ0v) is 22.1. The van der Waals surface area contributed by atoms with Gasteiger partial charge in [-0.2, -0.15) is 18.4 Å². The van der Waals surface area contributed by atoms with Crippen LogP contribution in [0.25, 0.3) is 0 Å². The fraction of sp³-hybridized carbons (Fsp3) is 0.375. The molecule has 0 spiro atoms. The van der Waals surface area contributed by atoms with Crippen LogP contribution in [-0.2, 0) is 19.6 Å². The van der Waals surface area contributed by atoms with Crippen molar-refractivity contribution in [1.29, 1.82) is 5.26 Å². The highest BCUT2D eigenvalue weighted by atomic mass is 32.2. The molecule has 206 valence electrons. The topological polar surface area (TPSA) is 138 Å². The first-order chi connectivity index (χ1) is 17.5. The van der Waals surface area contributed by atoms with Gasteiger partial charge in [0.15, 0.2) is 0 Å². The van der Waals surface area contributed by atoms with Gasteiger partial charge in [-0.3, -0.25) is 14.4 Å². The largest absolute Gasteiger partial charge is 0.489 e. The summed E-state index contributed by atoms with van der Waals surface area (Å²) < 4.78 is 76.7. The molecule has 10 nitrogen and oxygen atoms in total. The zero-order chi connectivity index (χ0) is 28.9. The fourth-order valence-electron chi connectivity index (χ4n) is 3.02. The molecule has 1 aliphatic rings. The molecule has 3 rings (SSSR count). The SMILES string of the molecule is CNC(C)=O.Cc1ccc(C#N)cc1S(=O)(=O)N1CCOc2ccc(NC(=O)OC(C)(C)C(F)(F)F)cc21. The first kappa shape index (κ1) is 30.2. The average Bonchev–Trinajstić information content (AvgIpc) is 2.83. The Morgan fingerprint density at radius 1 is 1.16 bits per heavy atom. The summed E-state index contributed by atoms with van der Waals surface area (Å²) in [7, 11) is -2.52. The van der Waals surface area contributed by atoms with Gasteiger partial charge in [-0.1, -0.05) is 6.07 Å². The lowest BCUT2D eigenvalue weighted by atomic mass is 10.1. The van der Waals surface area contributed by atoms with Gasteiger partial charge in [0, 0.05) is 19.7 Å². The van der Waals surface area contributed by atoms with E-state index in [-0.39, 0.29) is 46.6 Å². The molecule has 2 aromatic rings. The lowest BCUT2D eigenvalue weighted by Gasteiger charge is -2.31. The molecule has 1 aliphatic heterocycles. The number of benzene rings is 2. The van der Waals surface area contributed by atoms with Crippen LogP contribution in [0.3, 0.4) is 0 Å². The molecule has 0 bridgehead atoms. The quantitative estimate of drug-likeness (QED) is 0.578. The summed E-state index contributed by atoms with van der Waals surface area (Å²) in [6.45, 7) is 4.47. The van der Waals surface area contributed by atoms with Crippen LogP contribution in [-0.4, -0.2) is 52.4 Å². The van der Waals surface area contributed by atoms with Crippen molar-refractivity contribution in [2.75, 3.05) is 29.8 Å². The minimum absolute atomic E-state index is 0.00456. The third-order valence-electron chi connectivity index (χ3n) is 5.29. The number of aryl methyl sites for hydroxylation is 1. The summed E-state index contributed by atoms with van der Waals surface area (Å²) in [5.41, 5.74) is -2.05. The number of hydrogen-bond acceptors (Lipinski definition) is 7. The van der Waals surface area contributed by atoms with Crippen molar-refractivity contribution < 1.29 is 40.7 Å². The molecule has 0 saturated heterocycles. The van der Waals surface area contributed by atoms with Gasteiger partial charge in [0.25, 0.3) is 10.0 Å². The number of amides is 2. The van der Waals surface area contributed by atoms with Crippen LogP contribution in [0.2, 0.25) is 0 Å². The molecule has 0 unspecified atom stereocenters. The van der Waals surface area contributed by atoms with Crippen molar-refractivity contribution in [3.63, 3.8) is 0 Å². The van der Waals surface area contributed by atoms with E-state index < -0.39 is 27.9 Å². The molecule has 14 heteroatoms. The number of nitrogens with zero attached hydrogens (tertiary/aromatic N) is 2. The van der Waals surface area contributed by atoms with E-state index in [9.17, 15) is 31.2 Å². The van der Waals surface area contributed by atoms with Crippen LogP contribution < -0.4 is 19.7 Å². The maximum Gasteiger partial charge on any atom is 0.427 e. The van der Waals surface area contributed by atoms with Gasteiger partial charge < -0.3 is 14.8 Å². The van der Waals surface area contributed by atoms with Crippen molar-refractivity contribution in [3.8, 4) is 11.8 Å². The van der Waals surface area contributed by atoms with E-state index in [1.54, 1.807) is 14.0 Å². The number of rotatable bonds is 4. The minimum atomic E-state index is -4.78. The Balaban J connectivity index is 0.000000926. The molecular weight excluding hydrogens is 529 g/mol. The molecule has 1 heterocycles. The Labute approximate surface area is 218 Å². The Morgan fingerprint density at radius 3 is 2.34 bits per heavy atom. The first-order valence-electron chi connectivity index (χ1n) is 11.1. The van der Waals surface area contributed by atoms with Crippen LogP contribution in [0.15, 0.2) is 41.3 Å². The lowest BCUT2D eigenvalue weighted by Crippen LogP contribution is -2.44. The number of alkyl halides is 3. The molecule has 2 aromatic carbocycles. The maximum atomic E-state index is 13.4. The summed E-state index contributed by atoms with van der Waals surface area (Å²) in [4.78, 5) is 21.7. The Bertz CT molecular complexity index is 1350. The molecule has 2 amide bonds. The third kappa shape index (κ3) is 7.06. The minimum Gasteiger partial charge on any atom is -0.489 e. The van der Waals surface area contributed by atoms with E-state index in [4.69, 9.17) is 10.00 Å². The number of sulfonamides is 1. The van der Waals surface area contributed by atoms with Crippen LogP contribution in [0, 0.1) is 18.3 Å². The van der Waals surface area contributed by atoms with E-state index in [2.05, 4.69) is 15.4 Å². The van der Waals surface area contributed by atoms with Crippen LogP contribution in [0.5, 0.6) is 5.75 Å². The van der Waals surface area contributed by atoms with Crippen molar-refractivity contribution in [2.24, 2.45) is 0 Å². The number of nitriles is 1. The second kappa shape index (κ2) is 11.6. The number of fused-ring (bicyclic) bond motifs is 1. The predicted octanol–water partition coefficient (Wildman–Crippen LogP) is 4.10. The maximum absolute atomic E-state index is 13.4. The lowest BCUT2D eigenvalue weighted by molar-refractivity contribution is -0.242. The number of carbonyl (C=O) groups is 2. The normalized spacial score (nSPS) is 13.1. The molecule has 0 saturated carbocycles. The van der Waals surface area contributed by atoms with Crippen LogP contribution in [0.1, 0.15) is 31.9 Å². The van der Waals surface area contributed by atoms with E-state index in [1.807, 2.05) is 6.07 Å². The van der Waals surface area contributed by atoms with Gasteiger partial charge in [0.1, 0.15) is 12.4 Å². The molecule has 0 aliphatic carbocycles. The average molecular weight is 557 g/mol. The third-order valence-corrected chi connectivity index (χ3v) is 7.25. The molecule has 38 heavy (non-hydrogen) atoms. The highest BCUT2D eigenvalue weighted by Gasteiger charge is 2.51. The summed E-state index contributed by atoms with van der Waals surface area (Å²) in [6.07, 6.45) is -6.14. The number of ether oxygens (including phenoxy) is 2. The standard InChI is InChI=1S/C21H20F3N3O5S.C3H7NO/c1-13-4-5-14(12-25)10-18(13)33(29,30)27-8-9-31-17-7-6-15(11-16(17)27)26-19(28)32-20(2,3)21(22,23)24;1-3(5)4-2/h4-7,10-11H,8-9H2,1-3H3,(H,26,28);1-2H3,(H,4,5). The van der Waals surface area contributed by atoms with E-state index in [1.165, 1.54) is 43.3 Å². The van der Waals surface area contributed by atoms with Crippen molar-refractivity contribution in [1.82, 2.24) is 5.32 Å². The number of anilines is 2. The van der Waals surface area contributed by atoms with Gasteiger partial charge in [-0.15, -0.1) is 0 Å². The number of nitrogens with one attached hydrogen (secondary N) is 2.